The molecule has 0 bridgehead atoms. The summed E-state index contributed by atoms with van der Waals surface area (Å²) in [5.41, 5.74) is 2.21. The Hall–Kier alpha value is -2.63. The van der Waals surface area contributed by atoms with Gasteiger partial charge in [0.2, 0.25) is 0 Å². The predicted molar refractivity (Wildman–Crippen MR) is 76.4 cm³/mol. The van der Waals surface area contributed by atoms with Crippen molar-refractivity contribution in [3.8, 4) is 0 Å². The number of imidazole rings is 1. The number of carboxylic acids is 1. The van der Waals surface area contributed by atoms with E-state index < -0.39 is 5.97 Å². The van der Waals surface area contributed by atoms with Gasteiger partial charge in [-0.2, -0.15) is 0 Å². The Morgan fingerprint density at radius 2 is 2.15 bits per heavy atom. The highest BCUT2D eigenvalue weighted by molar-refractivity contribution is 5.99. The number of rotatable bonds is 3. The van der Waals surface area contributed by atoms with E-state index in [2.05, 4.69) is 9.97 Å². The Morgan fingerprint density at radius 3 is 2.85 bits per heavy atom. The fourth-order valence-corrected chi connectivity index (χ4v) is 2.25. The van der Waals surface area contributed by atoms with Crippen molar-refractivity contribution in [1.82, 2.24) is 14.4 Å². The molecule has 3 rings (SSSR count). The Labute approximate surface area is 115 Å². The topological polar surface area (TPSA) is 70.7 Å². The number of carboxylic acid groups (broad SMARTS) is 1. The number of carbonyl (C=O) groups is 1. The van der Waals surface area contributed by atoms with Crippen LogP contribution in [-0.4, -0.2) is 39.0 Å². The molecule has 0 aliphatic rings. The maximum atomic E-state index is 11.4. The number of nitrogens with zero attached hydrogens (tertiary/aromatic N) is 4. The number of aromatic carboxylic acids is 1. The van der Waals surface area contributed by atoms with Gasteiger partial charge in [0.15, 0.2) is 11.5 Å². The van der Waals surface area contributed by atoms with Crippen LogP contribution in [0, 0.1) is 0 Å². The van der Waals surface area contributed by atoms with Crippen LogP contribution in [0.5, 0.6) is 0 Å². The van der Waals surface area contributed by atoms with E-state index in [1.165, 1.54) is 6.33 Å². The van der Waals surface area contributed by atoms with Gasteiger partial charge in [0.05, 0.1) is 11.0 Å². The zero-order valence-corrected chi connectivity index (χ0v) is 11.2. The van der Waals surface area contributed by atoms with E-state index in [1.807, 2.05) is 43.1 Å². The summed E-state index contributed by atoms with van der Waals surface area (Å²) >= 11 is 0. The van der Waals surface area contributed by atoms with E-state index in [0.29, 0.717) is 11.3 Å². The van der Waals surface area contributed by atoms with Gasteiger partial charge in [-0.1, -0.05) is 12.1 Å². The number of aromatic nitrogens is 3. The molecule has 0 saturated carbocycles. The first kappa shape index (κ1) is 12.4. The van der Waals surface area contributed by atoms with Crippen LogP contribution in [-0.2, 0) is 0 Å². The molecule has 2 heterocycles. The van der Waals surface area contributed by atoms with Crippen molar-refractivity contribution in [3.63, 3.8) is 0 Å². The van der Waals surface area contributed by atoms with Crippen LogP contribution in [0.4, 0.5) is 5.82 Å². The molecule has 1 aromatic carbocycles. The molecule has 1 N–H and O–H groups in total. The molecule has 20 heavy (non-hydrogen) atoms. The van der Waals surface area contributed by atoms with Crippen molar-refractivity contribution in [3.05, 3.63) is 36.3 Å². The van der Waals surface area contributed by atoms with Crippen molar-refractivity contribution < 1.29 is 9.90 Å². The number of anilines is 1. The third-order valence-corrected chi connectivity index (χ3v) is 3.39. The molecule has 0 radical (unpaired) electrons. The van der Waals surface area contributed by atoms with E-state index in [9.17, 15) is 9.90 Å². The molecule has 102 valence electrons. The van der Waals surface area contributed by atoms with E-state index >= 15 is 0 Å². The Morgan fingerprint density at radius 1 is 1.40 bits per heavy atom. The number of benzene rings is 1. The molecule has 3 aromatic rings. The lowest BCUT2D eigenvalue weighted by molar-refractivity contribution is 0.0693. The number of para-hydroxylation sites is 2. The largest absolute Gasteiger partial charge is 0.476 e. The summed E-state index contributed by atoms with van der Waals surface area (Å²) in [6.45, 7) is 2.72. The summed E-state index contributed by atoms with van der Waals surface area (Å²) in [6.07, 6.45) is 1.54. The van der Waals surface area contributed by atoms with Crippen LogP contribution in [0.1, 0.15) is 17.4 Å². The molecule has 6 heteroatoms. The number of hydrogen-bond donors (Lipinski definition) is 1. The second-order valence-electron chi connectivity index (χ2n) is 4.56. The standard InChI is InChI=1S/C14H14N4O2/c1-3-17(2)13-12-11(14(19)20)15-8-18(12)10-7-5-4-6-9(10)16-13/h4-8H,3H2,1-2H3,(H,19,20). The third kappa shape index (κ3) is 1.69. The van der Waals surface area contributed by atoms with Crippen molar-refractivity contribution in [2.45, 2.75) is 6.92 Å². The van der Waals surface area contributed by atoms with E-state index in [0.717, 1.165) is 17.6 Å². The Balaban J connectivity index is 2.49. The molecule has 0 aliphatic heterocycles. The number of fused-ring (bicyclic) bond motifs is 3. The highest BCUT2D eigenvalue weighted by atomic mass is 16.4. The van der Waals surface area contributed by atoms with Crippen LogP contribution >= 0.6 is 0 Å². The van der Waals surface area contributed by atoms with Crippen LogP contribution in [0.3, 0.4) is 0 Å². The maximum Gasteiger partial charge on any atom is 0.356 e. The van der Waals surface area contributed by atoms with Crippen molar-refractivity contribution in [2.75, 3.05) is 18.5 Å². The summed E-state index contributed by atoms with van der Waals surface area (Å²) in [5, 5.41) is 9.30. The van der Waals surface area contributed by atoms with Gasteiger partial charge in [-0.25, -0.2) is 14.8 Å². The quantitative estimate of drug-likeness (QED) is 0.788. The van der Waals surface area contributed by atoms with Crippen molar-refractivity contribution in [2.24, 2.45) is 0 Å². The molecule has 0 atom stereocenters. The van der Waals surface area contributed by atoms with Gasteiger partial charge >= 0.3 is 5.97 Å². The van der Waals surface area contributed by atoms with Crippen LogP contribution in [0.2, 0.25) is 0 Å². The lowest BCUT2D eigenvalue weighted by Crippen LogP contribution is -2.19. The van der Waals surface area contributed by atoms with Crippen LogP contribution < -0.4 is 4.90 Å². The first-order chi connectivity index (χ1) is 9.63. The monoisotopic (exact) mass is 270 g/mol. The van der Waals surface area contributed by atoms with Gasteiger partial charge in [0.25, 0.3) is 0 Å². The van der Waals surface area contributed by atoms with Crippen molar-refractivity contribution in [1.29, 1.82) is 0 Å². The third-order valence-electron chi connectivity index (χ3n) is 3.39. The fraction of sp³-hybridized carbons (Fsp3) is 0.214. The average Bonchev–Trinajstić information content (AvgIpc) is 2.91. The summed E-state index contributed by atoms with van der Waals surface area (Å²) in [4.78, 5) is 21.9. The zero-order chi connectivity index (χ0) is 14.3. The second kappa shape index (κ2) is 4.48. The average molecular weight is 270 g/mol. The second-order valence-corrected chi connectivity index (χ2v) is 4.56. The van der Waals surface area contributed by atoms with Gasteiger partial charge in [0.1, 0.15) is 11.8 Å². The SMILES string of the molecule is CCN(C)c1nc2ccccc2n2cnc(C(=O)O)c12. The Bertz CT molecular complexity index is 809. The first-order valence-electron chi connectivity index (χ1n) is 6.33. The zero-order valence-electron chi connectivity index (χ0n) is 11.2. The van der Waals surface area contributed by atoms with Gasteiger partial charge in [-0.15, -0.1) is 0 Å². The minimum Gasteiger partial charge on any atom is -0.476 e. The molecular weight excluding hydrogens is 256 g/mol. The summed E-state index contributed by atoms with van der Waals surface area (Å²) in [7, 11) is 1.88. The molecule has 0 fully saturated rings. The highest BCUT2D eigenvalue weighted by Crippen LogP contribution is 2.26. The summed E-state index contributed by atoms with van der Waals surface area (Å²) < 4.78 is 1.78. The molecule has 6 nitrogen and oxygen atoms in total. The van der Waals surface area contributed by atoms with Crippen LogP contribution in [0.25, 0.3) is 16.6 Å². The molecule has 2 aromatic heterocycles. The van der Waals surface area contributed by atoms with E-state index in [1.54, 1.807) is 4.40 Å². The molecule has 0 unspecified atom stereocenters. The van der Waals surface area contributed by atoms with E-state index in [-0.39, 0.29) is 5.69 Å². The van der Waals surface area contributed by atoms with Gasteiger partial charge < -0.3 is 10.0 Å². The maximum absolute atomic E-state index is 11.4. The van der Waals surface area contributed by atoms with Gasteiger partial charge in [0, 0.05) is 13.6 Å². The smallest absolute Gasteiger partial charge is 0.356 e. The molecule has 0 aliphatic carbocycles. The van der Waals surface area contributed by atoms with Gasteiger partial charge in [-0.05, 0) is 19.1 Å². The summed E-state index contributed by atoms with van der Waals surface area (Å²) in [5.74, 6) is -0.420. The highest BCUT2D eigenvalue weighted by Gasteiger charge is 2.20. The summed E-state index contributed by atoms with van der Waals surface area (Å²) in [6, 6.07) is 7.61. The normalized spacial score (nSPS) is 11.1. The minimum absolute atomic E-state index is 0.0264. The molecule has 0 saturated heterocycles. The molecule has 0 spiro atoms. The Kier molecular flexibility index (Phi) is 2.78. The van der Waals surface area contributed by atoms with Gasteiger partial charge in [-0.3, -0.25) is 4.40 Å². The fourth-order valence-electron chi connectivity index (χ4n) is 2.25. The lowest BCUT2D eigenvalue weighted by Gasteiger charge is -2.18. The molecule has 0 amide bonds. The predicted octanol–water partition coefficient (Wildman–Crippen LogP) is 2.04. The van der Waals surface area contributed by atoms with Crippen LogP contribution in [0.15, 0.2) is 30.6 Å². The first-order valence-corrected chi connectivity index (χ1v) is 6.33. The molecular formula is C14H14N4O2. The number of hydrogen-bond acceptors (Lipinski definition) is 4. The lowest BCUT2D eigenvalue weighted by atomic mass is 10.2. The van der Waals surface area contributed by atoms with E-state index in [4.69, 9.17) is 0 Å². The van der Waals surface area contributed by atoms with Crippen molar-refractivity contribution >= 4 is 28.3 Å². The minimum atomic E-state index is -1.05.